The van der Waals surface area contributed by atoms with Crippen molar-refractivity contribution in [3.05, 3.63) is 0 Å². The maximum absolute atomic E-state index is 11.8. The minimum absolute atomic E-state index is 0.0185. The van der Waals surface area contributed by atoms with Crippen molar-refractivity contribution in [1.29, 1.82) is 0 Å². The molecule has 0 bridgehead atoms. The van der Waals surface area contributed by atoms with E-state index in [9.17, 15) is 14.4 Å². The van der Waals surface area contributed by atoms with Crippen LogP contribution in [0.25, 0.3) is 0 Å². The number of rotatable bonds is 3. The highest BCUT2D eigenvalue weighted by atomic mass is 16.2. The van der Waals surface area contributed by atoms with Gasteiger partial charge in [-0.3, -0.25) is 14.4 Å². The molecule has 2 aliphatic rings. The fourth-order valence-corrected chi connectivity index (χ4v) is 2.42. The predicted molar refractivity (Wildman–Crippen MR) is 64.6 cm³/mol. The molecule has 0 unspecified atom stereocenters. The van der Waals surface area contributed by atoms with Crippen LogP contribution < -0.4 is 10.6 Å². The van der Waals surface area contributed by atoms with E-state index in [0.29, 0.717) is 25.9 Å². The van der Waals surface area contributed by atoms with E-state index in [4.69, 9.17) is 0 Å². The van der Waals surface area contributed by atoms with Gasteiger partial charge in [-0.1, -0.05) is 0 Å². The molecule has 2 saturated heterocycles. The molecule has 3 amide bonds. The van der Waals surface area contributed by atoms with Crippen molar-refractivity contribution < 1.29 is 14.4 Å². The quantitative estimate of drug-likeness (QED) is 0.704. The first-order valence-electron chi connectivity index (χ1n) is 6.49. The molecule has 0 saturated carbocycles. The second-order valence-corrected chi connectivity index (χ2v) is 4.88. The van der Waals surface area contributed by atoms with Crippen LogP contribution in [0.3, 0.4) is 0 Å². The lowest BCUT2D eigenvalue weighted by atomic mass is 10.1. The largest absolute Gasteiger partial charge is 0.356 e. The number of amides is 3. The Morgan fingerprint density at radius 3 is 2.94 bits per heavy atom. The van der Waals surface area contributed by atoms with Crippen LogP contribution in [0.1, 0.15) is 32.1 Å². The number of hydrogen-bond donors (Lipinski definition) is 2. The number of likely N-dealkylation sites (tertiary alicyclic amines) is 1. The highest BCUT2D eigenvalue weighted by Gasteiger charge is 2.24. The molecule has 100 valence electrons. The second-order valence-electron chi connectivity index (χ2n) is 4.88. The number of carbonyl (C=O) groups is 3. The SMILES string of the molecule is O=C1C[C@@H](NC(=O)CN2CCCC2=O)CCCN1. The molecular weight excluding hydrogens is 234 g/mol. The molecule has 0 aromatic carbocycles. The summed E-state index contributed by atoms with van der Waals surface area (Å²) in [6, 6.07) is -0.0993. The Balaban J connectivity index is 1.79. The number of nitrogens with zero attached hydrogens (tertiary/aromatic N) is 1. The minimum atomic E-state index is -0.162. The van der Waals surface area contributed by atoms with Gasteiger partial charge in [0, 0.05) is 32.0 Å². The van der Waals surface area contributed by atoms with Gasteiger partial charge in [0.15, 0.2) is 0 Å². The van der Waals surface area contributed by atoms with E-state index in [-0.39, 0.29) is 30.3 Å². The molecule has 0 spiro atoms. The lowest BCUT2D eigenvalue weighted by molar-refractivity contribution is -0.133. The summed E-state index contributed by atoms with van der Waals surface area (Å²) in [7, 11) is 0. The van der Waals surface area contributed by atoms with Crippen LogP contribution in [0.5, 0.6) is 0 Å². The fraction of sp³-hybridized carbons (Fsp3) is 0.750. The Hall–Kier alpha value is -1.59. The molecule has 18 heavy (non-hydrogen) atoms. The van der Waals surface area contributed by atoms with Crippen molar-refractivity contribution in [2.45, 2.75) is 38.1 Å². The fourth-order valence-electron chi connectivity index (χ4n) is 2.42. The Morgan fingerprint density at radius 2 is 2.22 bits per heavy atom. The van der Waals surface area contributed by atoms with Gasteiger partial charge in [-0.15, -0.1) is 0 Å². The lowest BCUT2D eigenvalue weighted by Crippen LogP contribution is -2.43. The Morgan fingerprint density at radius 1 is 1.39 bits per heavy atom. The molecule has 0 aliphatic carbocycles. The van der Waals surface area contributed by atoms with E-state index in [1.54, 1.807) is 4.90 Å². The zero-order chi connectivity index (χ0) is 13.0. The van der Waals surface area contributed by atoms with E-state index in [1.807, 2.05) is 0 Å². The molecule has 2 heterocycles. The van der Waals surface area contributed by atoms with Crippen molar-refractivity contribution in [1.82, 2.24) is 15.5 Å². The van der Waals surface area contributed by atoms with Gasteiger partial charge >= 0.3 is 0 Å². The highest BCUT2D eigenvalue weighted by molar-refractivity contribution is 5.86. The first-order chi connectivity index (χ1) is 8.65. The summed E-state index contributed by atoms with van der Waals surface area (Å²) in [6.07, 6.45) is 3.38. The average Bonchev–Trinajstić information content (AvgIpc) is 2.59. The minimum Gasteiger partial charge on any atom is -0.356 e. The van der Waals surface area contributed by atoms with E-state index in [1.165, 1.54) is 0 Å². The molecule has 6 heteroatoms. The zero-order valence-corrected chi connectivity index (χ0v) is 10.4. The molecule has 2 aliphatic heterocycles. The second kappa shape index (κ2) is 5.84. The van der Waals surface area contributed by atoms with Crippen LogP contribution in [0.15, 0.2) is 0 Å². The first-order valence-corrected chi connectivity index (χ1v) is 6.49. The first kappa shape index (κ1) is 12.9. The van der Waals surface area contributed by atoms with Crippen molar-refractivity contribution in [2.75, 3.05) is 19.6 Å². The van der Waals surface area contributed by atoms with Crippen LogP contribution >= 0.6 is 0 Å². The third-order valence-electron chi connectivity index (χ3n) is 3.35. The lowest BCUT2D eigenvalue weighted by Gasteiger charge is -2.19. The van der Waals surface area contributed by atoms with Gasteiger partial charge in [0.25, 0.3) is 0 Å². The molecule has 0 aromatic rings. The van der Waals surface area contributed by atoms with Gasteiger partial charge in [-0.05, 0) is 19.3 Å². The normalized spacial score (nSPS) is 24.7. The van der Waals surface area contributed by atoms with E-state index in [0.717, 1.165) is 19.3 Å². The summed E-state index contributed by atoms with van der Waals surface area (Å²) in [4.78, 5) is 36.1. The van der Waals surface area contributed by atoms with Crippen molar-refractivity contribution in [3.8, 4) is 0 Å². The monoisotopic (exact) mass is 253 g/mol. The van der Waals surface area contributed by atoms with Gasteiger partial charge in [0.1, 0.15) is 0 Å². The average molecular weight is 253 g/mol. The van der Waals surface area contributed by atoms with E-state index in [2.05, 4.69) is 10.6 Å². The van der Waals surface area contributed by atoms with Crippen LogP contribution in [0, 0.1) is 0 Å². The summed E-state index contributed by atoms with van der Waals surface area (Å²) < 4.78 is 0. The van der Waals surface area contributed by atoms with Crippen LogP contribution in [-0.4, -0.2) is 48.3 Å². The van der Waals surface area contributed by atoms with Crippen LogP contribution in [-0.2, 0) is 14.4 Å². The van der Waals surface area contributed by atoms with Gasteiger partial charge in [0.05, 0.1) is 6.54 Å². The summed E-state index contributed by atoms with van der Waals surface area (Å²) in [5.74, 6) is -0.135. The summed E-state index contributed by atoms with van der Waals surface area (Å²) in [5, 5.41) is 5.62. The number of hydrogen-bond acceptors (Lipinski definition) is 3. The maximum Gasteiger partial charge on any atom is 0.239 e. The van der Waals surface area contributed by atoms with Gasteiger partial charge in [-0.25, -0.2) is 0 Å². The molecule has 1 atom stereocenters. The van der Waals surface area contributed by atoms with Crippen LogP contribution in [0.4, 0.5) is 0 Å². The Bertz CT molecular complexity index is 356. The molecule has 2 N–H and O–H groups in total. The number of nitrogens with one attached hydrogen (secondary N) is 2. The van der Waals surface area contributed by atoms with Crippen molar-refractivity contribution in [3.63, 3.8) is 0 Å². The zero-order valence-electron chi connectivity index (χ0n) is 10.4. The van der Waals surface area contributed by atoms with Crippen molar-refractivity contribution >= 4 is 17.7 Å². The Kier molecular flexibility index (Phi) is 4.17. The molecule has 2 rings (SSSR count). The molecular formula is C12H19N3O3. The molecule has 0 aromatic heterocycles. The smallest absolute Gasteiger partial charge is 0.239 e. The van der Waals surface area contributed by atoms with Gasteiger partial charge < -0.3 is 15.5 Å². The topological polar surface area (TPSA) is 78.5 Å². The Labute approximate surface area is 106 Å². The third kappa shape index (κ3) is 3.45. The van der Waals surface area contributed by atoms with Gasteiger partial charge in [0.2, 0.25) is 17.7 Å². The number of carbonyl (C=O) groups excluding carboxylic acids is 3. The van der Waals surface area contributed by atoms with Crippen molar-refractivity contribution in [2.24, 2.45) is 0 Å². The predicted octanol–water partition coefficient (Wildman–Crippen LogP) is -0.606. The van der Waals surface area contributed by atoms with Crippen LogP contribution in [0.2, 0.25) is 0 Å². The summed E-state index contributed by atoms with van der Waals surface area (Å²) in [6.45, 7) is 1.46. The maximum atomic E-state index is 11.8. The third-order valence-corrected chi connectivity index (χ3v) is 3.35. The summed E-state index contributed by atoms with van der Waals surface area (Å²) in [5.41, 5.74) is 0. The molecule has 2 fully saturated rings. The summed E-state index contributed by atoms with van der Waals surface area (Å²) >= 11 is 0. The molecule has 0 radical (unpaired) electrons. The molecule has 6 nitrogen and oxygen atoms in total. The van der Waals surface area contributed by atoms with E-state index >= 15 is 0 Å². The highest BCUT2D eigenvalue weighted by Crippen LogP contribution is 2.09. The van der Waals surface area contributed by atoms with Gasteiger partial charge in [-0.2, -0.15) is 0 Å². The standard InChI is InChI=1S/C12H19N3O3/c16-10-7-9(3-1-5-13-10)14-11(17)8-15-6-2-4-12(15)18/h9H,1-8H2,(H,13,16)(H,14,17)/t9-/m0/s1. The van der Waals surface area contributed by atoms with E-state index < -0.39 is 0 Å².